The maximum absolute atomic E-state index is 11.1. The molecule has 1 aromatic heterocycles. The smallest absolute Gasteiger partial charge is 0.264 e. The van der Waals surface area contributed by atoms with Crippen molar-refractivity contribution < 1.29 is 9.21 Å². The summed E-state index contributed by atoms with van der Waals surface area (Å²) in [5.74, 6) is 0.820. The van der Waals surface area contributed by atoms with Gasteiger partial charge in [0.05, 0.1) is 11.9 Å². The molecule has 0 atom stereocenters. The molecule has 72 valence electrons. The van der Waals surface area contributed by atoms with Crippen LogP contribution in [-0.2, 0) is 5.41 Å². The number of aromatic nitrogens is 1. The van der Waals surface area contributed by atoms with E-state index in [9.17, 15) is 4.79 Å². The standard InChI is InChI=1S/C9H13NO2S/c1-9(2,3)7-4-10-8(12-7)6(11)5-13/h4,13H,5H2,1-3H3. The molecule has 0 aliphatic carbocycles. The van der Waals surface area contributed by atoms with Crippen LogP contribution < -0.4 is 0 Å². The SMILES string of the molecule is CC(C)(C)c1cnc(C(=O)CS)o1. The number of rotatable bonds is 2. The average Bonchev–Trinajstić information content (AvgIpc) is 2.50. The summed E-state index contributed by atoms with van der Waals surface area (Å²) in [5, 5.41) is 0. The monoisotopic (exact) mass is 199 g/mol. The van der Waals surface area contributed by atoms with E-state index >= 15 is 0 Å². The first-order chi connectivity index (χ1) is 5.95. The van der Waals surface area contributed by atoms with Gasteiger partial charge in [0.15, 0.2) is 0 Å². The molecule has 0 unspecified atom stereocenters. The summed E-state index contributed by atoms with van der Waals surface area (Å²) in [6.07, 6.45) is 1.59. The zero-order chi connectivity index (χ0) is 10.1. The van der Waals surface area contributed by atoms with Crippen LogP contribution >= 0.6 is 12.6 Å². The third-order valence-corrected chi connectivity index (χ3v) is 1.91. The Labute approximate surface area is 83.0 Å². The van der Waals surface area contributed by atoms with E-state index in [2.05, 4.69) is 17.6 Å². The highest BCUT2D eigenvalue weighted by Crippen LogP contribution is 2.22. The molecule has 0 saturated carbocycles. The van der Waals surface area contributed by atoms with Crippen LogP contribution in [0, 0.1) is 0 Å². The predicted molar refractivity (Wildman–Crippen MR) is 53.4 cm³/mol. The zero-order valence-electron chi connectivity index (χ0n) is 8.00. The van der Waals surface area contributed by atoms with Crippen molar-refractivity contribution in [2.24, 2.45) is 0 Å². The third kappa shape index (κ3) is 2.34. The van der Waals surface area contributed by atoms with Gasteiger partial charge in [0.25, 0.3) is 5.89 Å². The van der Waals surface area contributed by atoms with E-state index in [0.717, 1.165) is 5.76 Å². The fourth-order valence-electron chi connectivity index (χ4n) is 0.817. The molecule has 1 heterocycles. The Morgan fingerprint density at radius 2 is 2.23 bits per heavy atom. The molecule has 0 amide bonds. The lowest BCUT2D eigenvalue weighted by molar-refractivity contribution is 0.0983. The Kier molecular flexibility index (Phi) is 2.81. The highest BCUT2D eigenvalue weighted by Gasteiger charge is 2.21. The summed E-state index contributed by atoms with van der Waals surface area (Å²) in [5.41, 5.74) is -0.109. The fraction of sp³-hybridized carbons (Fsp3) is 0.556. The normalized spacial score (nSPS) is 11.7. The molecule has 0 N–H and O–H groups in total. The van der Waals surface area contributed by atoms with E-state index in [-0.39, 0.29) is 22.8 Å². The first-order valence-electron chi connectivity index (χ1n) is 4.05. The molecule has 1 rings (SSSR count). The summed E-state index contributed by atoms with van der Waals surface area (Å²) in [6, 6.07) is 0. The minimum absolute atomic E-state index is 0.109. The van der Waals surface area contributed by atoms with Gasteiger partial charge >= 0.3 is 0 Å². The van der Waals surface area contributed by atoms with Gasteiger partial charge in [-0.25, -0.2) is 4.98 Å². The van der Waals surface area contributed by atoms with Crippen LogP contribution in [0.25, 0.3) is 0 Å². The summed E-state index contributed by atoms with van der Waals surface area (Å²) < 4.78 is 5.29. The highest BCUT2D eigenvalue weighted by atomic mass is 32.1. The van der Waals surface area contributed by atoms with Crippen LogP contribution in [-0.4, -0.2) is 16.5 Å². The Hall–Kier alpha value is -0.770. The second-order valence-electron chi connectivity index (χ2n) is 3.86. The number of oxazole rings is 1. The Morgan fingerprint density at radius 3 is 2.62 bits per heavy atom. The predicted octanol–water partition coefficient (Wildman–Crippen LogP) is 2.08. The molecule has 0 aliphatic rings. The Morgan fingerprint density at radius 1 is 1.62 bits per heavy atom. The second-order valence-corrected chi connectivity index (χ2v) is 4.18. The minimum Gasteiger partial charge on any atom is -0.438 e. The van der Waals surface area contributed by atoms with Gasteiger partial charge in [-0.1, -0.05) is 20.8 Å². The Bertz CT molecular complexity index is 312. The summed E-state index contributed by atoms with van der Waals surface area (Å²) in [6.45, 7) is 6.01. The van der Waals surface area contributed by atoms with E-state index < -0.39 is 0 Å². The quantitative estimate of drug-likeness (QED) is 0.586. The zero-order valence-corrected chi connectivity index (χ0v) is 8.89. The molecule has 0 radical (unpaired) electrons. The number of hydrogen-bond donors (Lipinski definition) is 1. The molecule has 0 fully saturated rings. The van der Waals surface area contributed by atoms with Gasteiger partial charge in [-0.15, -0.1) is 0 Å². The van der Waals surface area contributed by atoms with E-state index in [0.29, 0.717) is 0 Å². The lowest BCUT2D eigenvalue weighted by atomic mass is 9.94. The lowest BCUT2D eigenvalue weighted by Gasteiger charge is -2.12. The number of carbonyl (C=O) groups excluding carboxylic acids is 1. The summed E-state index contributed by atoms with van der Waals surface area (Å²) >= 11 is 3.86. The average molecular weight is 199 g/mol. The van der Waals surface area contributed by atoms with Crippen molar-refractivity contribution in [1.82, 2.24) is 4.98 Å². The first kappa shape index (κ1) is 10.3. The van der Waals surface area contributed by atoms with Gasteiger partial charge in [-0.3, -0.25) is 4.79 Å². The van der Waals surface area contributed by atoms with Crippen molar-refractivity contribution in [3.63, 3.8) is 0 Å². The van der Waals surface area contributed by atoms with Crippen LogP contribution in [0.5, 0.6) is 0 Å². The molecule has 0 aromatic carbocycles. The number of ketones is 1. The largest absolute Gasteiger partial charge is 0.438 e. The van der Waals surface area contributed by atoms with Crippen LogP contribution in [0.2, 0.25) is 0 Å². The molecule has 1 aromatic rings. The number of Topliss-reactive ketones (excluding diaryl/α,β-unsaturated/α-hetero) is 1. The lowest BCUT2D eigenvalue weighted by Crippen LogP contribution is -2.09. The van der Waals surface area contributed by atoms with E-state index in [1.165, 1.54) is 0 Å². The van der Waals surface area contributed by atoms with Gasteiger partial charge in [-0.2, -0.15) is 12.6 Å². The summed E-state index contributed by atoms with van der Waals surface area (Å²) in [7, 11) is 0. The highest BCUT2D eigenvalue weighted by molar-refractivity contribution is 7.81. The van der Waals surface area contributed by atoms with E-state index in [4.69, 9.17) is 4.42 Å². The van der Waals surface area contributed by atoms with Crippen molar-refractivity contribution in [2.75, 3.05) is 5.75 Å². The van der Waals surface area contributed by atoms with Crippen molar-refractivity contribution in [3.8, 4) is 0 Å². The van der Waals surface area contributed by atoms with Crippen molar-refractivity contribution in [3.05, 3.63) is 17.8 Å². The maximum atomic E-state index is 11.1. The first-order valence-corrected chi connectivity index (χ1v) is 4.69. The van der Waals surface area contributed by atoms with Crippen LogP contribution in [0.15, 0.2) is 10.6 Å². The van der Waals surface area contributed by atoms with Gasteiger partial charge in [0, 0.05) is 5.41 Å². The fourth-order valence-corrected chi connectivity index (χ4v) is 0.953. The molecule has 0 aliphatic heterocycles. The topological polar surface area (TPSA) is 43.1 Å². The minimum atomic E-state index is -0.182. The third-order valence-electron chi connectivity index (χ3n) is 1.63. The number of nitrogens with zero attached hydrogens (tertiary/aromatic N) is 1. The number of thiol groups is 1. The van der Waals surface area contributed by atoms with Gasteiger partial charge in [0.2, 0.25) is 5.78 Å². The number of hydrogen-bond acceptors (Lipinski definition) is 4. The van der Waals surface area contributed by atoms with Crippen molar-refractivity contribution in [2.45, 2.75) is 26.2 Å². The van der Waals surface area contributed by atoms with Crippen LogP contribution in [0.3, 0.4) is 0 Å². The van der Waals surface area contributed by atoms with E-state index in [1.54, 1.807) is 6.20 Å². The molecule has 0 bridgehead atoms. The van der Waals surface area contributed by atoms with Crippen molar-refractivity contribution in [1.29, 1.82) is 0 Å². The van der Waals surface area contributed by atoms with Crippen LogP contribution in [0.4, 0.5) is 0 Å². The molecule has 4 heteroatoms. The van der Waals surface area contributed by atoms with Gasteiger partial charge < -0.3 is 4.42 Å². The second kappa shape index (κ2) is 3.54. The Balaban J connectivity index is 2.93. The molecular weight excluding hydrogens is 186 g/mol. The molecular formula is C9H13NO2S. The van der Waals surface area contributed by atoms with Crippen molar-refractivity contribution >= 4 is 18.4 Å². The van der Waals surface area contributed by atoms with Gasteiger partial charge in [-0.05, 0) is 0 Å². The maximum Gasteiger partial charge on any atom is 0.264 e. The van der Waals surface area contributed by atoms with Crippen LogP contribution in [0.1, 0.15) is 37.2 Å². The molecule has 3 nitrogen and oxygen atoms in total. The molecule has 0 spiro atoms. The van der Waals surface area contributed by atoms with E-state index in [1.807, 2.05) is 20.8 Å². The molecule has 0 saturated heterocycles. The summed E-state index contributed by atoms with van der Waals surface area (Å²) in [4.78, 5) is 15.0. The number of carbonyl (C=O) groups is 1. The molecule has 13 heavy (non-hydrogen) atoms. The van der Waals surface area contributed by atoms with Gasteiger partial charge in [0.1, 0.15) is 5.76 Å².